The van der Waals surface area contributed by atoms with Crippen molar-refractivity contribution < 1.29 is 9.18 Å². The van der Waals surface area contributed by atoms with Crippen molar-refractivity contribution in [2.24, 2.45) is 5.92 Å². The molecule has 2 aliphatic rings. The van der Waals surface area contributed by atoms with E-state index in [1.165, 1.54) is 18.9 Å². The van der Waals surface area contributed by atoms with E-state index >= 15 is 0 Å². The summed E-state index contributed by atoms with van der Waals surface area (Å²) >= 11 is 3.19. The highest BCUT2D eigenvalue weighted by Crippen LogP contribution is 2.39. The summed E-state index contributed by atoms with van der Waals surface area (Å²) in [4.78, 5) is 13.8. The number of benzene rings is 1. The molecule has 3 rings (SSSR count). The van der Waals surface area contributed by atoms with Crippen molar-refractivity contribution in [3.63, 3.8) is 0 Å². The third-order valence-corrected chi connectivity index (χ3v) is 4.38. The summed E-state index contributed by atoms with van der Waals surface area (Å²) in [6.07, 6.45) is 3.51. The summed E-state index contributed by atoms with van der Waals surface area (Å²) in [5.41, 5.74) is 0.240. The van der Waals surface area contributed by atoms with Gasteiger partial charge in [0.2, 0.25) is 0 Å². The van der Waals surface area contributed by atoms with Crippen LogP contribution in [0.3, 0.4) is 0 Å². The number of hydrogen-bond acceptors (Lipinski definition) is 1. The Morgan fingerprint density at radius 1 is 1.44 bits per heavy atom. The van der Waals surface area contributed by atoms with E-state index in [0.717, 1.165) is 13.0 Å². The zero-order chi connectivity index (χ0) is 12.7. The van der Waals surface area contributed by atoms with Gasteiger partial charge < -0.3 is 10.2 Å². The predicted octanol–water partition coefficient (Wildman–Crippen LogP) is 3.60. The lowest BCUT2D eigenvalue weighted by molar-refractivity contribution is 0.0797. The maximum absolute atomic E-state index is 13.6. The first-order chi connectivity index (χ1) is 8.65. The summed E-state index contributed by atoms with van der Waals surface area (Å²) in [7, 11) is 0. The molecule has 0 bridgehead atoms. The van der Waals surface area contributed by atoms with E-state index in [0.29, 0.717) is 16.4 Å². The molecule has 1 saturated heterocycles. The van der Waals surface area contributed by atoms with Crippen LogP contribution in [-0.2, 0) is 0 Å². The number of likely N-dealkylation sites (tertiary alicyclic amines) is 1. The first-order valence-electron chi connectivity index (χ1n) is 6.18. The first kappa shape index (κ1) is 12.0. The van der Waals surface area contributed by atoms with Gasteiger partial charge in [-0.3, -0.25) is 0 Å². The molecule has 2 atom stereocenters. The third kappa shape index (κ3) is 2.00. The molecule has 0 unspecified atom stereocenters. The molecular formula is C13H14BrFN2O. The molecule has 1 saturated carbocycles. The molecule has 1 heterocycles. The summed E-state index contributed by atoms with van der Waals surface area (Å²) < 4.78 is 14.3. The molecule has 1 aliphatic heterocycles. The van der Waals surface area contributed by atoms with Gasteiger partial charge in [0.25, 0.3) is 0 Å². The lowest BCUT2D eigenvalue weighted by atomic mass is 9.92. The number of anilines is 1. The van der Waals surface area contributed by atoms with Crippen LogP contribution in [0.15, 0.2) is 22.7 Å². The van der Waals surface area contributed by atoms with Crippen molar-refractivity contribution in [3.05, 3.63) is 28.5 Å². The number of urea groups is 1. The highest BCUT2D eigenvalue weighted by molar-refractivity contribution is 9.10. The van der Waals surface area contributed by atoms with Gasteiger partial charge in [-0.15, -0.1) is 0 Å². The number of fused-ring (bicyclic) bond motifs is 1. The Morgan fingerprint density at radius 2 is 2.28 bits per heavy atom. The molecule has 96 valence electrons. The molecule has 2 fully saturated rings. The monoisotopic (exact) mass is 312 g/mol. The average Bonchev–Trinajstić information content (AvgIpc) is 2.64. The van der Waals surface area contributed by atoms with Crippen molar-refractivity contribution >= 4 is 27.6 Å². The zero-order valence-corrected chi connectivity index (χ0v) is 11.4. The third-order valence-electron chi connectivity index (χ3n) is 3.88. The molecule has 1 aromatic carbocycles. The second-order valence-corrected chi connectivity index (χ2v) is 5.88. The number of nitrogens with zero attached hydrogens (tertiary/aromatic N) is 1. The standard InChI is InChI=1S/C13H14BrFN2O/c14-9-4-5-11(10(15)6-9)16-13(18)17-7-8-2-1-3-12(8)17/h4-6,8,12H,1-3,7H2,(H,16,18)/t8-,12-/m0/s1. The fourth-order valence-electron chi connectivity index (χ4n) is 2.90. The Kier molecular flexibility index (Phi) is 3.01. The first-order valence-corrected chi connectivity index (χ1v) is 6.97. The van der Waals surface area contributed by atoms with Gasteiger partial charge >= 0.3 is 6.03 Å². The normalized spacial score (nSPS) is 25.6. The van der Waals surface area contributed by atoms with Gasteiger partial charge in [0.1, 0.15) is 5.82 Å². The minimum atomic E-state index is -0.416. The van der Waals surface area contributed by atoms with E-state index in [9.17, 15) is 9.18 Å². The van der Waals surface area contributed by atoms with E-state index in [2.05, 4.69) is 21.2 Å². The van der Waals surface area contributed by atoms with Gasteiger partial charge in [-0.25, -0.2) is 9.18 Å². The maximum Gasteiger partial charge on any atom is 0.322 e. The topological polar surface area (TPSA) is 32.3 Å². The Balaban J connectivity index is 1.67. The fraction of sp³-hybridized carbons (Fsp3) is 0.462. The number of hydrogen-bond donors (Lipinski definition) is 1. The Labute approximate surface area is 113 Å². The zero-order valence-electron chi connectivity index (χ0n) is 9.83. The number of nitrogens with one attached hydrogen (secondary N) is 1. The minimum absolute atomic E-state index is 0.181. The Bertz CT molecular complexity index is 494. The smallest absolute Gasteiger partial charge is 0.321 e. The molecule has 0 aromatic heterocycles. The van der Waals surface area contributed by atoms with Gasteiger partial charge in [-0.05, 0) is 37.0 Å². The van der Waals surface area contributed by atoms with Crippen LogP contribution in [0.5, 0.6) is 0 Å². The Hall–Kier alpha value is -1.10. The highest BCUT2D eigenvalue weighted by Gasteiger charge is 2.44. The molecule has 2 amide bonds. The van der Waals surface area contributed by atoms with Crippen LogP contribution >= 0.6 is 15.9 Å². The molecule has 1 N–H and O–H groups in total. The van der Waals surface area contributed by atoms with Crippen LogP contribution in [0.25, 0.3) is 0 Å². The molecular weight excluding hydrogens is 299 g/mol. The molecule has 5 heteroatoms. The molecule has 3 nitrogen and oxygen atoms in total. The van der Waals surface area contributed by atoms with Gasteiger partial charge in [0.05, 0.1) is 5.69 Å². The van der Waals surface area contributed by atoms with E-state index in [-0.39, 0.29) is 11.7 Å². The average molecular weight is 313 g/mol. The lowest BCUT2D eigenvalue weighted by Gasteiger charge is -2.44. The number of carbonyl (C=O) groups is 1. The number of halogens is 2. The molecule has 1 aromatic rings. The number of rotatable bonds is 1. The van der Waals surface area contributed by atoms with Crippen LogP contribution in [0.2, 0.25) is 0 Å². The summed E-state index contributed by atoms with van der Waals surface area (Å²) in [5.74, 6) is 0.256. The summed E-state index contributed by atoms with van der Waals surface area (Å²) in [6, 6.07) is 4.84. The lowest BCUT2D eigenvalue weighted by Crippen LogP contribution is -2.57. The second-order valence-electron chi connectivity index (χ2n) is 4.97. The molecule has 0 radical (unpaired) electrons. The maximum atomic E-state index is 13.6. The van der Waals surface area contributed by atoms with E-state index in [4.69, 9.17) is 0 Å². The fourth-order valence-corrected chi connectivity index (χ4v) is 3.24. The van der Waals surface area contributed by atoms with E-state index in [1.807, 2.05) is 4.90 Å². The minimum Gasteiger partial charge on any atom is -0.321 e. The molecule has 18 heavy (non-hydrogen) atoms. The van der Waals surface area contributed by atoms with Crippen molar-refractivity contribution in [1.82, 2.24) is 4.90 Å². The van der Waals surface area contributed by atoms with Crippen LogP contribution in [0.4, 0.5) is 14.9 Å². The van der Waals surface area contributed by atoms with Gasteiger partial charge in [0.15, 0.2) is 0 Å². The summed E-state index contributed by atoms with van der Waals surface area (Å²) in [5, 5.41) is 2.64. The van der Waals surface area contributed by atoms with E-state index in [1.54, 1.807) is 12.1 Å². The van der Waals surface area contributed by atoms with Crippen molar-refractivity contribution in [2.45, 2.75) is 25.3 Å². The SMILES string of the molecule is O=C(Nc1ccc(Br)cc1F)N1C[C@@H]2CCC[C@@H]21. The van der Waals surface area contributed by atoms with Crippen molar-refractivity contribution in [3.8, 4) is 0 Å². The molecule has 1 aliphatic carbocycles. The van der Waals surface area contributed by atoms with Crippen LogP contribution in [0.1, 0.15) is 19.3 Å². The number of carbonyl (C=O) groups excluding carboxylic acids is 1. The van der Waals surface area contributed by atoms with Gasteiger partial charge in [-0.2, -0.15) is 0 Å². The van der Waals surface area contributed by atoms with Gasteiger partial charge in [-0.1, -0.05) is 22.4 Å². The highest BCUT2D eigenvalue weighted by atomic mass is 79.9. The number of amides is 2. The Morgan fingerprint density at radius 3 is 3.00 bits per heavy atom. The molecule has 0 spiro atoms. The van der Waals surface area contributed by atoms with E-state index < -0.39 is 5.82 Å². The van der Waals surface area contributed by atoms with Crippen LogP contribution < -0.4 is 5.32 Å². The summed E-state index contributed by atoms with van der Waals surface area (Å²) in [6.45, 7) is 0.814. The quantitative estimate of drug-likeness (QED) is 0.844. The van der Waals surface area contributed by atoms with Crippen LogP contribution in [0, 0.1) is 11.7 Å². The van der Waals surface area contributed by atoms with Crippen molar-refractivity contribution in [1.29, 1.82) is 0 Å². The van der Waals surface area contributed by atoms with Gasteiger partial charge in [0, 0.05) is 17.1 Å². The largest absolute Gasteiger partial charge is 0.322 e. The van der Waals surface area contributed by atoms with Crippen molar-refractivity contribution in [2.75, 3.05) is 11.9 Å². The predicted molar refractivity (Wildman–Crippen MR) is 71.0 cm³/mol. The second kappa shape index (κ2) is 4.53. The van der Waals surface area contributed by atoms with Crippen LogP contribution in [-0.4, -0.2) is 23.5 Å².